The van der Waals surface area contributed by atoms with E-state index in [-0.39, 0.29) is 58.1 Å². The average molecular weight is 2180 g/mol. The Morgan fingerprint density at radius 3 is 0.946 bits per heavy atom. The van der Waals surface area contributed by atoms with Crippen molar-refractivity contribution < 1.29 is 52.8 Å². The molecule has 0 bridgehead atoms. The zero-order chi connectivity index (χ0) is 105. The molecular weight excluding hydrogens is 2070 g/mol. The number of primary amides is 1. The average Bonchev–Trinajstić information content (AvgIpc) is 1.59. The summed E-state index contributed by atoms with van der Waals surface area (Å²) in [5.41, 5.74) is 38.5. The molecule has 1 saturated carbocycles. The second kappa shape index (κ2) is 49.6. The second-order valence-corrected chi connectivity index (χ2v) is 39.0. The molecule has 0 spiro atoms. The summed E-state index contributed by atoms with van der Waals surface area (Å²) in [6.07, 6.45) is 8.50. The largest absolute Gasteiger partial charge is 0.364 e. The molecule has 21 rings (SSSR count). The zero-order valence-electron chi connectivity index (χ0n) is 81.7. The molecule has 0 atom stereocenters. The monoisotopic (exact) mass is 2170 g/mol. The number of nitrogens with zero attached hydrogens (tertiary/aromatic N) is 4. The van der Waals surface area contributed by atoms with E-state index < -0.39 is 52.2 Å². The molecule has 1 fully saturated rings. The van der Waals surface area contributed by atoms with Gasteiger partial charge in [-0.25, -0.2) is 0 Å². The summed E-state index contributed by atoms with van der Waals surface area (Å²) < 4.78 is 76.0. The van der Waals surface area contributed by atoms with Crippen LogP contribution < -0.4 is 43.9 Å². The van der Waals surface area contributed by atoms with Crippen LogP contribution in [0.2, 0.25) is 0 Å². The number of pyridine rings is 4. The first-order chi connectivity index (χ1) is 70.9. The van der Waals surface area contributed by atoms with E-state index in [9.17, 15) is 38.4 Å². The Kier molecular flexibility index (Phi) is 36.3. The van der Waals surface area contributed by atoms with E-state index in [1.165, 1.54) is 22.3 Å². The Labute approximate surface area is 878 Å². The summed E-state index contributed by atoms with van der Waals surface area (Å²) >= 11 is 4.37. The third kappa shape index (κ3) is 25.5. The number of carbonyl (C=O) groups is 4. The highest BCUT2D eigenvalue weighted by Gasteiger charge is 2.37. The van der Waals surface area contributed by atoms with Crippen LogP contribution in [-0.4, -0.2) is 114 Å². The number of rotatable bonds is 19. The van der Waals surface area contributed by atoms with Gasteiger partial charge in [0.15, 0.2) is 0 Å². The molecule has 0 unspecified atom stereocenters. The van der Waals surface area contributed by atoms with Crippen LogP contribution in [0.25, 0.3) is 90.1 Å². The van der Waals surface area contributed by atoms with Crippen molar-refractivity contribution in [2.24, 2.45) is 5.73 Å². The minimum Gasteiger partial charge on any atom is -0.364 e. The molecule has 16 aromatic rings. The Morgan fingerprint density at radius 2 is 0.626 bits per heavy atom. The van der Waals surface area contributed by atoms with Crippen molar-refractivity contribution in [3.05, 3.63) is 417 Å². The number of amides is 4. The van der Waals surface area contributed by atoms with Gasteiger partial charge in [-0.05, 0) is 277 Å². The molecule has 8 heterocycles. The van der Waals surface area contributed by atoms with Crippen molar-refractivity contribution in [3.8, 4) is 90.1 Å². The van der Waals surface area contributed by atoms with Gasteiger partial charge in [0.05, 0.1) is 54.5 Å². The molecule has 0 aliphatic heterocycles. The number of carbonyl (C=O) groups excluding carboxylic acids is 4. The van der Waals surface area contributed by atoms with Crippen LogP contribution in [0.5, 0.6) is 0 Å². The maximum Gasteiger partial charge on any atom is 0.335 e. The molecule has 752 valence electrons. The Balaban J connectivity index is 0.000000149. The number of H-pyrrole nitrogens is 4. The van der Waals surface area contributed by atoms with E-state index in [2.05, 4.69) is 163 Å². The zero-order valence-corrected chi connectivity index (χ0v) is 88.1. The van der Waals surface area contributed by atoms with Gasteiger partial charge in [0.25, 0.3) is 45.9 Å². The molecule has 8 aromatic heterocycles. The predicted molar refractivity (Wildman–Crippen MR) is 580 cm³/mol. The molecule has 9 N–H and O–H groups in total. The summed E-state index contributed by atoms with van der Waals surface area (Å²) in [5.74, 6) is -0.752. The van der Waals surface area contributed by atoms with Gasteiger partial charge in [-0.2, -0.15) is 33.7 Å². The van der Waals surface area contributed by atoms with Crippen molar-refractivity contribution >= 4 is 102 Å². The number of benzene rings is 8. The smallest absolute Gasteiger partial charge is 0.335 e. The van der Waals surface area contributed by atoms with Crippen molar-refractivity contribution in [2.75, 3.05) is 0 Å². The van der Waals surface area contributed by atoms with Crippen LogP contribution in [0.4, 0.5) is 0 Å². The minimum atomic E-state index is -0.750. The highest BCUT2D eigenvalue weighted by atomic mass is 79.9. The third-order valence-electron chi connectivity index (χ3n) is 25.8. The Bertz CT molecular complexity index is 7780. The first-order valence-corrected chi connectivity index (χ1v) is 51.8. The topological polar surface area (TPSA) is 418 Å². The molecule has 28 nitrogen and oxygen atoms in total. The minimum absolute atomic E-state index is 0.00896. The lowest BCUT2D eigenvalue weighted by atomic mass is 9.92. The molecule has 147 heavy (non-hydrogen) atoms. The predicted octanol–water partition coefficient (Wildman–Crippen LogP) is 18.0. The molecule has 5 aliphatic rings. The lowest BCUT2D eigenvalue weighted by Gasteiger charge is -2.21. The number of hydrogen-bond acceptors (Lipinski definition) is 16. The van der Waals surface area contributed by atoms with Crippen LogP contribution in [-0.2, 0) is 124 Å². The van der Waals surface area contributed by atoms with Gasteiger partial charge in [-0.3, -0.25) is 38.4 Å². The highest BCUT2D eigenvalue weighted by molar-refractivity contribution is 9.11. The molecule has 5 aliphatic carbocycles. The number of aromatic nitrogens is 8. The SMILES string of the molecule is Cc1ccc(Cn2c(C(=O)NC(C)C)c(Br)c3c2-c2[nH]c(=O)c(-c4ccccc4)cc2CC3)cc1.Cc1ccc(Cn2c(C(N)=O)c(Br)c3c2-c2[nH]c(=O)c(-c4ccccc4)cc2CC3)cc1.Cc1cccc(Cn2c(C(=O)NC(C)C)cc3c2-c2[nH]c(=O)c(-c4ccccc4)cc2CC3)c1.Cc1cccc(Cn2c(C(=O)NC3CC3)cc3c2-c2[nH]c(=O)c(-c4ccccc4)cc2CC3)c1.O=S=O.O=S=O.O=S=O.O=S=O. The van der Waals surface area contributed by atoms with Gasteiger partial charge in [0.2, 0.25) is 0 Å². The fourth-order valence-electron chi connectivity index (χ4n) is 19.2. The van der Waals surface area contributed by atoms with E-state index in [0.29, 0.717) is 75.7 Å². The van der Waals surface area contributed by atoms with Gasteiger partial charge in [-0.15, -0.1) is 0 Å². The first-order valence-electron chi connectivity index (χ1n) is 47.6. The van der Waals surface area contributed by atoms with E-state index >= 15 is 0 Å². The van der Waals surface area contributed by atoms with Crippen LogP contribution >= 0.6 is 31.9 Å². The Hall–Kier alpha value is -15.2. The second-order valence-electron chi connectivity index (χ2n) is 36.8. The normalized spacial score (nSPS) is 12.1. The van der Waals surface area contributed by atoms with Gasteiger partial charge < -0.3 is 59.9 Å². The van der Waals surface area contributed by atoms with E-state index in [1.54, 1.807) is 0 Å². The molecule has 4 amide bonds. The molecular formula is C113H106Br2N12O16S4. The summed E-state index contributed by atoms with van der Waals surface area (Å²) in [6.45, 7) is 18.2. The van der Waals surface area contributed by atoms with Crippen LogP contribution in [0.15, 0.2) is 283 Å². The van der Waals surface area contributed by atoms with Crippen LogP contribution in [0, 0.1) is 27.7 Å². The number of halogens is 2. The standard InChI is InChI=1S/C29H28BrN3O2.C29H27N3O2.C29H29N3O2.C26H22BrN3O2.4O2S/c1-17(2)31-29(35)27-24(30)22-14-13-21-15-23(20-7-5-4-6-8-20)28(34)32-25(21)26(22)33(27)16-19-11-9-18(3)10-12-19;1-18-6-5-7-19(14-18)17-32-25(29(34)30-23-12-13-23)16-22-11-10-21-15-24(20-8-3-2-4-9-20)28(33)31-26(21)27(22)32;1-18(2)30-29(34)25-16-23-13-12-22-15-24(21-10-5-4-6-11-21)28(33)31-26(22)27(23)32(25)17-20-9-7-8-19(3)14-20;1-15-7-9-16(10-8-15)14-30-23-19(21(27)24(30)25(28)31)12-11-18-13-20(26(32)29-22(18)23)17-5-3-2-4-6-17;4*1-3-2/h4-12,15,17H,13-14,16H2,1-3H3,(H,31,35)(H,32,34);2-9,14-16,23H,10-13,17H2,1H3,(H,30,34)(H,31,33);4-11,14-16,18H,12-13,17H2,1-3H3,(H,30,34)(H,31,33);2-10,13H,11-12,14H2,1H3,(H2,28,31)(H,29,32);;;;. The van der Waals surface area contributed by atoms with E-state index in [1.807, 2.05) is 233 Å². The maximum absolute atomic E-state index is 13.3. The lowest BCUT2D eigenvalue weighted by Crippen LogP contribution is -2.32. The number of nitrogens with two attached hydrogens (primary N) is 1. The Morgan fingerprint density at radius 1 is 0.333 bits per heavy atom. The van der Waals surface area contributed by atoms with E-state index in [4.69, 9.17) is 39.4 Å². The van der Waals surface area contributed by atoms with Crippen molar-refractivity contribution in [3.63, 3.8) is 0 Å². The van der Waals surface area contributed by atoms with Gasteiger partial charge >= 0.3 is 46.3 Å². The molecule has 34 heteroatoms. The number of hydrogen-bond donors (Lipinski definition) is 8. The fraction of sp³-hybridized carbons (Fsp3) is 0.221. The maximum atomic E-state index is 13.3. The van der Waals surface area contributed by atoms with Crippen molar-refractivity contribution in [1.29, 1.82) is 0 Å². The van der Waals surface area contributed by atoms with Crippen LogP contribution in [0.3, 0.4) is 0 Å². The number of aryl methyl sites for hydroxylation is 10. The first kappa shape index (κ1) is 108. The number of aromatic amines is 4. The molecule has 0 radical (unpaired) electrons. The van der Waals surface area contributed by atoms with Crippen molar-refractivity contribution in [1.82, 2.24) is 54.2 Å². The summed E-state index contributed by atoms with van der Waals surface area (Å²) in [7, 11) is 0. The van der Waals surface area contributed by atoms with Crippen molar-refractivity contribution in [2.45, 2.75) is 164 Å². The third-order valence-corrected chi connectivity index (χ3v) is 27.5. The molecule has 0 saturated heterocycles. The fourth-order valence-corrected chi connectivity index (χ4v) is 20.8. The summed E-state index contributed by atoms with van der Waals surface area (Å²) in [6, 6.07) is 84.5. The summed E-state index contributed by atoms with van der Waals surface area (Å²) in [4.78, 5) is 117. The van der Waals surface area contributed by atoms with E-state index in [0.717, 1.165) is 203 Å². The van der Waals surface area contributed by atoms with Gasteiger partial charge in [-0.1, -0.05) is 241 Å². The number of nitrogens with one attached hydrogen (secondary N) is 7. The highest BCUT2D eigenvalue weighted by Crippen LogP contribution is 2.45. The van der Waals surface area contributed by atoms with Gasteiger partial charge in [0, 0.05) is 66.6 Å². The molecule has 8 aromatic carbocycles. The summed E-state index contributed by atoms with van der Waals surface area (Å²) in [5, 5.41) is 9.24. The lowest BCUT2D eigenvalue weighted by molar-refractivity contribution is 0.0925. The van der Waals surface area contributed by atoms with Gasteiger partial charge in [0.1, 0.15) is 22.8 Å². The number of fused-ring (bicyclic) bond motifs is 12. The quantitative estimate of drug-likeness (QED) is 0.0373. The van der Waals surface area contributed by atoms with Crippen LogP contribution in [0.1, 0.15) is 172 Å².